The number of carbonyl (C=O) groups is 3. The Morgan fingerprint density at radius 1 is 1.17 bits per heavy atom. The SMILES string of the molecule is Cc1ccc(C(=O)COC(=O)[C@H]2CC(=O)N(c3cccc([N+](=O)[O-])c3)C2)cc1C. The lowest BCUT2D eigenvalue weighted by atomic mass is 10.0. The van der Waals surface area contributed by atoms with Crippen LogP contribution in [0, 0.1) is 29.9 Å². The zero-order valence-electron chi connectivity index (χ0n) is 16.1. The van der Waals surface area contributed by atoms with Crippen LogP contribution in [-0.2, 0) is 14.3 Å². The molecule has 1 fully saturated rings. The van der Waals surface area contributed by atoms with Crippen LogP contribution in [0.4, 0.5) is 11.4 Å². The van der Waals surface area contributed by atoms with Gasteiger partial charge in [0.15, 0.2) is 12.4 Å². The highest BCUT2D eigenvalue weighted by Gasteiger charge is 2.36. The van der Waals surface area contributed by atoms with Crippen LogP contribution in [0.3, 0.4) is 0 Å². The van der Waals surface area contributed by atoms with E-state index < -0.39 is 23.4 Å². The fourth-order valence-electron chi connectivity index (χ4n) is 3.14. The Morgan fingerprint density at radius 2 is 1.93 bits per heavy atom. The molecule has 1 aliphatic heterocycles. The molecule has 0 unspecified atom stereocenters. The quantitative estimate of drug-likeness (QED) is 0.322. The highest BCUT2D eigenvalue weighted by Crippen LogP contribution is 2.28. The van der Waals surface area contributed by atoms with Gasteiger partial charge in [-0.3, -0.25) is 24.5 Å². The number of ketones is 1. The normalized spacial score (nSPS) is 16.0. The predicted octanol–water partition coefficient (Wildman–Crippen LogP) is 2.99. The van der Waals surface area contributed by atoms with E-state index in [4.69, 9.17) is 4.74 Å². The van der Waals surface area contributed by atoms with Crippen LogP contribution >= 0.6 is 0 Å². The molecule has 3 rings (SSSR count). The number of aryl methyl sites for hydroxylation is 2. The Labute approximate surface area is 167 Å². The van der Waals surface area contributed by atoms with Crippen LogP contribution in [0.2, 0.25) is 0 Å². The van der Waals surface area contributed by atoms with Gasteiger partial charge in [0.25, 0.3) is 5.69 Å². The molecular formula is C21H20N2O6. The Bertz CT molecular complexity index is 1000. The Kier molecular flexibility index (Phi) is 5.72. The summed E-state index contributed by atoms with van der Waals surface area (Å²) in [6, 6.07) is 10.9. The van der Waals surface area contributed by atoms with Crippen molar-refractivity contribution in [1.29, 1.82) is 0 Å². The standard InChI is InChI=1S/C21H20N2O6/c1-13-6-7-15(8-14(13)2)19(24)12-29-21(26)16-9-20(25)22(11-16)17-4-3-5-18(10-17)23(27)28/h3-8,10,16H,9,11-12H2,1-2H3/t16-/m0/s1. The number of anilines is 1. The second-order valence-corrected chi connectivity index (χ2v) is 7.01. The van der Waals surface area contributed by atoms with Crippen LogP contribution < -0.4 is 4.90 Å². The van der Waals surface area contributed by atoms with Gasteiger partial charge in [-0.2, -0.15) is 0 Å². The third-order valence-electron chi connectivity index (χ3n) is 4.99. The molecule has 8 heteroatoms. The van der Waals surface area contributed by atoms with Crippen molar-refractivity contribution in [3.8, 4) is 0 Å². The number of amides is 1. The number of nitro benzene ring substituents is 1. The molecule has 0 radical (unpaired) electrons. The number of nitro groups is 1. The number of esters is 1. The minimum atomic E-state index is -0.727. The topological polar surface area (TPSA) is 107 Å². The molecule has 1 amide bonds. The fraction of sp³-hybridized carbons (Fsp3) is 0.286. The second-order valence-electron chi connectivity index (χ2n) is 7.01. The van der Waals surface area contributed by atoms with Gasteiger partial charge in [-0.25, -0.2) is 0 Å². The Hall–Kier alpha value is -3.55. The molecule has 0 aliphatic carbocycles. The third kappa shape index (κ3) is 4.48. The van der Waals surface area contributed by atoms with Crippen molar-refractivity contribution in [3.63, 3.8) is 0 Å². The Morgan fingerprint density at radius 3 is 2.62 bits per heavy atom. The maximum Gasteiger partial charge on any atom is 0.311 e. The number of benzene rings is 2. The van der Waals surface area contributed by atoms with Crippen molar-refractivity contribution in [2.24, 2.45) is 5.92 Å². The van der Waals surface area contributed by atoms with Gasteiger partial charge in [-0.15, -0.1) is 0 Å². The van der Waals surface area contributed by atoms with E-state index >= 15 is 0 Å². The fourth-order valence-corrected chi connectivity index (χ4v) is 3.14. The number of non-ortho nitro benzene ring substituents is 1. The van der Waals surface area contributed by atoms with E-state index in [0.29, 0.717) is 11.3 Å². The largest absolute Gasteiger partial charge is 0.457 e. The van der Waals surface area contributed by atoms with E-state index in [9.17, 15) is 24.5 Å². The van der Waals surface area contributed by atoms with Gasteiger partial charge in [-0.05, 0) is 37.1 Å². The lowest BCUT2D eigenvalue weighted by molar-refractivity contribution is -0.384. The number of ether oxygens (including phenoxy) is 1. The molecule has 1 saturated heterocycles. The number of hydrogen-bond acceptors (Lipinski definition) is 6. The molecule has 1 heterocycles. The van der Waals surface area contributed by atoms with Crippen LogP contribution in [-0.4, -0.2) is 35.7 Å². The zero-order valence-corrected chi connectivity index (χ0v) is 16.1. The van der Waals surface area contributed by atoms with Gasteiger partial charge in [-0.1, -0.05) is 18.2 Å². The van der Waals surface area contributed by atoms with Gasteiger partial charge >= 0.3 is 5.97 Å². The summed E-state index contributed by atoms with van der Waals surface area (Å²) in [5, 5.41) is 10.9. The minimum Gasteiger partial charge on any atom is -0.457 e. The average Bonchev–Trinajstić information content (AvgIpc) is 3.09. The molecule has 29 heavy (non-hydrogen) atoms. The van der Waals surface area contributed by atoms with Crippen molar-refractivity contribution in [1.82, 2.24) is 0 Å². The maximum absolute atomic E-state index is 12.3. The van der Waals surface area contributed by atoms with E-state index in [0.717, 1.165) is 11.1 Å². The monoisotopic (exact) mass is 396 g/mol. The van der Waals surface area contributed by atoms with Crippen LogP contribution in [0.15, 0.2) is 42.5 Å². The molecule has 8 nitrogen and oxygen atoms in total. The minimum absolute atomic E-state index is 0.0522. The molecule has 0 bridgehead atoms. The summed E-state index contributed by atoms with van der Waals surface area (Å²) in [5.74, 6) is -2.01. The van der Waals surface area contributed by atoms with E-state index in [1.165, 1.54) is 23.1 Å². The Balaban J connectivity index is 1.61. The summed E-state index contributed by atoms with van der Waals surface area (Å²) in [6.45, 7) is 3.48. The molecule has 0 spiro atoms. The number of hydrogen-bond donors (Lipinski definition) is 0. The zero-order chi connectivity index (χ0) is 21.1. The van der Waals surface area contributed by atoms with Gasteiger partial charge in [0.2, 0.25) is 5.91 Å². The first-order valence-corrected chi connectivity index (χ1v) is 9.08. The van der Waals surface area contributed by atoms with Crippen LogP contribution in [0.5, 0.6) is 0 Å². The van der Waals surface area contributed by atoms with Gasteiger partial charge < -0.3 is 9.64 Å². The first kappa shape index (κ1) is 20.2. The van der Waals surface area contributed by atoms with Crippen molar-refractivity contribution in [2.45, 2.75) is 20.3 Å². The third-order valence-corrected chi connectivity index (χ3v) is 4.99. The first-order chi connectivity index (χ1) is 13.8. The summed E-state index contributed by atoms with van der Waals surface area (Å²) in [7, 11) is 0. The number of rotatable bonds is 6. The molecule has 0 aromatic heterocycles. The molecular weight excluding hydrogens is 376 g/mol. The van der Waals surface area contributed by atoms with Crippen LogP contribution in [0.25, 0.3) is 0 Å². The second kappa shape index (κ2) is 8.22. The van der Waals surface area contributed by atoms with Crippen molar-refractivity contribution in [3.05, 3.63) is 69.3 Å². The lowest BCUT2D eigenvalue weighted by Crippen LogP contribution is -2.27. The molecule has 0 N–H and O–H groups in total. The van der Waals surface area contributed by atoms with E-state index in [1.54, 1.807) is 18.2 Å². The highest BCUT2D eigenvalue weighted by atomic mass is 16.6. The van der Waals surface area contributed by atoms with Crippen LogP contribution in [0.1, 0.15) is 27.9 Å². The summed E-state index contributed by atoms with van der Waals surface area (Å²) in [4.78, 5) is 48.6. The van der Waals surface area contributed by atoms with E-state index in [1.807, 2.05) is 19.9 Å². The molecule has 2 aromatic carbocycles. The molecule has 0 saturated carbocycles. The van der Waals surface area contributed by atoms with Crippen molar-refractivity contribution >= 4 is 29.0 Å². The number of Topliss-reactive ketones (excluding diaryl/α,β-unsaturated/α-hetero) is 1. The highest BCUT2D eigenvalue weighted by molar-refractivity contribution is 6.01. The summed E-state index contributed by atoms with van der Waals surface area (Å²) in [5.41, 5.74) is 2.70. The summed E-state index contributed by atoms with van der Waals surface area (Å²) < 4.78 is 5.13. The average molecular weight is 396 g/mol. The van der Waals surface area contributed by atoms with Gasteiger partial charge in [0.1, 0.15) is 0 Å². The molecule has 1 atom stereocenters. The van der Waals surface area contributed by atoms with E-state index in [2.05, 4.69) is 0 Å². The number of carbonyl (C=O) groups excluding carboxylic acids is 3. The van der Waals surface area contributed by atoms with Crippen molar-refractivity contribution < 1.29 is 24.0 Å². The smallest absolute Gasteiger partial charge is 0.311 e. The maximum atomic E-state index is 12.3. The molecule has 150 valence electrons. The molecule has 1 aliphatic rings. The molecule has 2 aromatic rings. The van der Waals surface area contributed by atoms with Gasteiger partial charge in [0, 0.05) is 30.7 Å². The summed E-state index contributed by atoms with van der Waals surface area (Å²) in [6.07, 6.45) is -0.0701. The predicted molar refractivity (Wildman–Crippen MR) is 105 cm³/mol. The van der Waals surface area contributed by atoms with Gasteiger partial charge in [0.05, 0.1) is 16.5 Å². The number of nitrogens with zero attached hydrogens (tertiary/aromatic N) is 2. The summed E-state index contributed by atoms with van der Waals surface area (Å²) >= 11 is 0. The van der Waals surface area contributed by atoms with E-state index in [-0.39, 0.29) is 30.3 Å². The van der Waals surface area contributed by atoms with Crippen molar-refractivity contribution in [2.75, 3.05) is 18.1 Å². The first-order valence-electron chi connectivity index (χ1n) is 9.08. The lowest BCUT2D eigenvalue weighted by Gasteiger charge is -2.16.